The second-order valence-corrected chi connectivity index (χ2v) is 3.97. The molecule has 76 valence electrons. The second-order valence-electron chi connectivity index (χ2n) is 3.97. The van der Waals surface area contributed by atoms with E-state index in [-0.39, 0.29) is 0 Å². The lowest BCUT2D eigenvalue weighted by atomic mass is 9.89. The molecule has 3 heteroatoms. The minimum Gasteiger partial charge on any atom is -0.397 e. The van der Waals surface area contributed by atoms with Gasteiger partial charge in [-0.05, 0) is 50.4 Å². The normalized spacial score (nSPS) is 18.4. The Morgan fingerprint density at radius 3 is 2.86 bits per heavy atom. The van der Waals surface area contributed by atoms with Crippen molar-refractivity contribution < 1.29 is 0 Å². The second kappa shape index (κ2) is 3.96. The van der Waals surface area contributed by atoms with Gasteiger partial charge in [-0.25, -0.2) is 0 Å². The summed E-state index contributed by atoms with van der Waals surface area (Å²) >= 11 is 0. The van der Waals surface area contributed by atoms with Gasteiger partial charge in [0.2, 0.25) is 0 Å². The average Bonchev–Trinajstić information content (AvgIpc) is 2.23. The molecule has 0 aliphatic carbocycles. The number of hydrogen-bond donors (Lipinski definition) is 2. The summed E-state index contributed by atoms with van der Waals surface area (Å²) in [6, 6.07) is 2.08. The van der Waals surface area contributed by atoms with Gasteiger partial charge in [0.15, 0.2) is 0 Å². The van der Waals surface area contributed by atoms with E-state index in [1.807, 2.05) is 0 Å². The molecule has 1 aromatic rings. The number of aryl methyl sites for hydroxylation is 1. The Morgan fingerprint density at radius 1 is 1.43 bits per heavy atom. The quantitative estimate of drug-likeness (QED) is 0.706. The summed E-state index contributed by atoms with van der Waals surface area (Å²) in [7, 11) is 0. The van der Waals surface area contributed by atoms with Crippen molar-refractivity contribution in [3.8, 4) is 0 Å². The topological polar surface area (TPSA) is 50.9 Å². The lowest BCUT2D eigenvalue weighted by Gasteiger charge is -2.24. The number of piperidine rings is 1. The van der Waals surface area contributed by atoms with Gasteiger partial charge in [-0.2, -0.15) is 0 Å². The molecule has 3 N–H and O–H groups in total. The third-order valence-corrected chi connectivity index (χ3v) is 2.93. The van der Waals surface area contributed by atoms with Gasteiger partial charge in [0.25, 0.3) is 0 Å². The molecule has 2 rings (SSSR count). The molecule has 1 fully saturated rings. The van der Waals surface area contributed by atoms with Gasteiger partial charge in [-0.1, -0.05) is 0 Å². The lowest BCUT2D eigenvalue weighted by Crippen LogP contribution is -2.27. The summed E-state index contributed by atoms with van der Waals surface area (Å²) in [6.45, 7) is 4.29. The molecular formula is C11H17N3. The molecule has 2 heterocycles. The molecular weight excluding hydrogens is 174 g/mol. The fourth-order valence-corrected chi connectivity index (χ4v) is 2.11. The molecule has 14 heavy (non-hydrogen) atoms. The van der Waals surface area contributed by atoms with E-state index in [4.69, 9.17) is 5.73 Å². The highest BCUT2D eigenvalue weighted by molar-refractivity contribution is 5.41. The maximum atomic E-state index is 5.76. The van der Waals surface area contributed by atoms with E-state index in [2.05, 4.69) is 23.3 Å². The smallest absolute Gasteiger partial charge is 0.0503 e. The highest BCUT2D eigenvalue weighted by Crippen LogP contribution is 2.27. The van der Waals surface area contributed by atoms with Crippen LogP contribution in [-0.4, -0.2) is 18.1 Å². The first kappa shape index (κ1) is 9.46. The number of anilines is 1. The van der Waals surface area contributed by atoms with Crippen molar-refractivity contribution in [2.75, 3.05) is 18.8 Å². The van der Waals surface area contributed by atoms with Gasteiger partial charge in [0.1, 0.15) is 0 Å². The largest absolute Gasteiger partial charge is 0.397 e. The van der Waals surface area contributed by atoms with E-state index >= 15 is 0 Å². The minimum absolute atomic E-state index is 0.646. The Balaban J connectivity index is 2.24. The van der Waals surface area contributed by atoms with Gasteiger partial charge in [0, 0.05) is 5.69 Å². The van der Waals surface area contributed by atoms with E-state index in [1.165, 1.54) is 18.4 Å². The van der Waals surface area contributed by atoms with Gasteiger partial charge >= 0.3 is 0 Å². The van der Waals surface area contributed by atoms with Crippen molar-refractivity contribution in [2.45, 2.75) is 25.7 Å². The third kappa shape index (κ3) is 1.87. The average molecular weight is 191 g/mol. The van der Waals surface area contributed by atoms with Crippen LogP contribution in [0.3, 0.4) is 0 Å². The third-order valence-electron chi connectivity index (χ3n) is 2.93. The Labute approximate surface area is 84.7 Å². The van der Waals surface area contributed by atoms with Gasteiger partial charge in [-0.3, -0.25) is 4.98 Å². The molecule has 1 saturated heterocycles. The van der Waals surface area contributed by atoms with Crippen molar-refractivity contribution in [3.63, 3.8) is 0 Å². The number of aromatic nitrogens is 1. The Morgan fingerprint density at radius 2 is 2.14 bits per heavy atom. The van der Waals surface area contributed by atoms with Crippen molar-refractivity contribution in [1.82, 2.24) is 10.3 Å². The van der Waals surface area contributed by atoms with E-state index in [0.717, 1.165) is 24.5 Å². The number of rotatable bonds is 1. The number of hydrogen-bond acceptors (Lipinski definition) is 3. The Bertz CT molecular complexity index is 316. The zero-order chi connectivity index (χ0) is 9.97. The highest BCUT2D eigenvalue weighted by atomic mass is 14.9. The van der Waals surface area contributed by atoms with Crippen LogP contribution in [0.4, 0.5) is 5.69 Å². The monoisotopic (exact) mass is 191 g/mol. The van der Waals surface area contributed by atoms with Crippen LogP contribution in [-0.2, 0) is 0 Å². The van der Waals surface area contributed by atoms with Crippen LogP contribution < -0.4 is 11.1 Å². The van der Waals surface area contributed by atoms with Crippen molar-refractivity contribution in [2.24, 2.45) is 0 Å². The van der Waals surface area contributed by atoms with Crippen LogP contribution in [0, 0.1) is 6.92 Å². The Kier molecular flexibility index (Phi) is 2.68. The summed E-state index contributed by atoms with van der Waals surface area (Å²) in [4.78, 5) is 4.31. The first-order valence-corrected chi connectivity index (χ1v) is 5.20. The zero-order valence-corrected chi connectivity index (χ0v) is 8.59. The van der Waals surface area contributed by atoms with Gasteiger partial charge in [0.05, 0.1) is 11.9 Å². The van der Waals surface area contributed by atoms with E-state index in [0.29, 0.717) is 5.92 Å². The molecule has 0 aromatic carbocycles. The van der Waals surface area contributed by atoms with Crippen LogP contribution >= 0.6 is 0 Å². The molecule has 0 amide bonds. The Hall–Kier alpha value is -1.09. The van der Waals surface area contributed by atoms with Crippen LogP contribution in [0.5, 0.6) is 0 Å². The molecule has 0 unspecified atom stereocenters. The molecule has 0 saturated carbocycles. The molecule has 1 aromatic heterocycles. The summed E-state index contributed by atoms with van der Waals surface area (Å²) in [5, 5.41) is 3.37. The molecule has 0 bridgehead atoms. The fourth-order valence-electron chi connectivity index (χ4n) is 2.11. The van der Waals surface area contributed by atoms with Gasteiger partial charge in [-0.15, -0.1) is 0 Å². The van der Waals surface area contributed by atoms with Crippen molar-refractivity contribution in [3.05, 3.63) is 23.5 Å². The maximum Gasteiger partial charge on any atom is 0.0503 e. The first-order valence-electron chi connectivity index (χ1n) is 5.20. The van der Waals surface area contributed by atoms with Crippen LogP contribution in [0.25, 0.3) is 0 Å². The number of nitrogens with zero attached hydrogens (tertiary/aromatic N) is 1. The van der Waals surface area contributed by atoms with Crippen LogP contribution in [0.15, 0.2) is 12.3 Å². The summed E-state index contributed by atoms with van der Waals surface area (Å²) < 4.78 is 0. The summed E-state index contributed by atoms with van der Waals surface area (Å²) in [5.74, 6) is 0.646. The number of nitrogens with two attached hydrogens (primary N) is 1. The standard InChI is InChI=1S/C11H17N3/c1-8-11(6-10(12)7-14-8)9-2-4-13-5-3-9/h6-7,9,13H,2-5,12H2,1H3. The molecule has 1 aliphatic heterocycles. The van der Waals surface area contributed by atoms with Crippen LogP contribution in [0.1, 0.15) is 30.0 Å². The maximum absolute atomic E-state index is 5.76. The van der Waals surface area contributed by atoms with E-state index in [9.17, 15) is 0 Å². The summed E-state index contributed by atoms with van der Waals surface area (Å²) in [6.07, 6.45) is 4.14. The highest BCUT2D eigenvalue weighted by Gasteiger charge is 2.17. The number of nitrogens with one attached hydrogen (secondary N) is 1. The minimum atomic E-state index is 0.646. The SMILES string of the molecule is Cc1ncc(N)cc1C1CCNCC1. The molecule has 0 spiro atoms. The predicted octanol–water partition coefficient (Wildman–Crippen LogP) is 1.44. The van der Waals surface area contributed by atoms with E-state index < -0.39 is 0 Å². The predicted molar refractivity (Wildman–Crippen MR) is 58.2 cm³/mol. The van der Waals surface area contributed by atoms with E-state index in [1.54, 1.807) is 6.20 Å². The van der Waals surface area contributed by atoms with Crippen LogP contribution in [0.2, 0.25) is 0 Å². The molecule has 0 atom stereocenters. The number of pyridine rings is 1. The van der Waals surface area contributed by atoms with Crippen molar-refractivity contribution in [1.29, 1.82) is 0 Å². The summed E-state index contributed by atoms with van der Waals surface area (Å²) in [5.41, 5.74) is 9.01. The number of nitrogen functional groups attached to an aromatic ring is 1. The first-order chi connectivity index (χ1) is 6.77. The fraction of sp³-hybridized carbons (Fsp3) is 0.545. The van der Waals surface area contributed by atoms with Crippen molar-refractivity contribution >= 4 is 5.69 Å². The van der Waals surface area contributed by atoms with Gasteiger partial charge < -0.3 is 11.1 Å². The molecule has 3 nitrogen and oxygen atoms in total. The molecule has 1 aliphatic rings. The molecule has 0 radical (unpaired) electrons. The zero-order valence-electron chi connectivity index (χ0n) is 8.59. The lowest BCUT2D eigenvalue weighted by molar-refractivity contribution is 0.458.